The van der Waals surface area contributed by atoms with Crippen molar-refractivity contribution in [2.45, 2.75) is 20.0 Å². The molecule has 0 aromatic carbocycles. The summed E-state index contributed by atoms with van der Waals surface area (Å²) in [6.07, 6.45) is 3.76. The Bertz CT molecular complexity index is 521. The number of pyridine rings is 1. The fraction of sp³-hybridized carbons (Fsp3) is 0.333. The molecule has 4 nitrogen and oxygen atoms in total. The molecular weight excluding hydrogens is 200 g/mol. The Morgan fingerprint density at radius 3 is 3.19 bits per heavy atom. The first kappa shape index (κ1) is 10.7. The van der Waals surface area contributed by atoms with Crippen LogP contribution in [0.4, 0.5) is 0 Å². The van der Waals surface area contributed by atoms with Crippen LogP contribution in [0.3, 0.4) is 0 Å². The molecule has 0 spiro atoms. The molecule has 82 valence electrons. The summed E-state index contributed by atoms with van der Waals surface area (Å²) in [5, 5.41) is 13.2. The molecule has 0 radical (unpaired) electrons. The van der Waals surface area contributed by atoms with Crippen LogP contribution in [-0.2, 0) is 13.1 Å². The molecule has 2 aromatic heterocycles. The zero-order chi connectivity index (χ0) is 11.4. The van der Waals surface area contributed by atoms with Crippen molar-refractivity contribution in [1.29, 1.82) is 5.26 Å². The highest BCUT2D eigenvalue weighted by Crippen LogP contribution is 2.18. The van der Waals surface area contributed by atoms with Gasteiger partial charge >= 0.3 is 0 Å². The van der Waals surface area contributed by atoms with E-state index in [-0.39, 0.29) is 0 Å². The van der Waals surface area contributed by atoms with Crippen molar-refractivity contribution in [1.82, 2.24) is 14.9 Å². The first-order valence-corrected chi connectivity index (χ1v) is 5.37. The van der Waals surface area contributed by atoms with Gasteiger partial charge in [-0.25, -0.2) is 4.98 Å². The highest BCUT2D eigenvalue weighted by atomic mass is 15.0. The molecule has 16 heavy (non-hydrogen) atoms. The Labute approximate surface area is 94.5 Å². The highest BCUT2D eigenvalue weighted by molar-refractivity contribution is 5.80. The number of nitrogens with zero attached hydrogens (tertiary/aromatic N) is 3. The van der Waals surface area contributed by atoms with Crippen molar-refractivity contribution in [3.63, 3.8) is 0 Å². The fourth-order valence-electron chi connectivity index (χ4n) is 1.79. The third-order valence-corrected chi connectivity index (χ3v) is 2.52. The first-order chi connectivity index (χ1) is 7.86. The van der Waals surface area contributed by atoms with Crippen molar-refractivity contribution in [3.05, 3.63) is 30.1 Å². The smallest absolute Gasteiger partial charge is 0.141 e. The number of nitriles is 1. The summed E-state index contributed by atoms with van der Waals surface area (Å²) >= 11 is 0. The van der Waals surface area contributed by atoms with Crippen molar-refractivity contribution < 1.29 is 0 Å². The number of hydrogen-bond donors (Lipinski definition) is 1. The van der Waals surface area contributed by atoms with Crippen LogP contribution in [0.2, 0.25) is 0 Å². The van der Waals surface area contributed by atoms with Crippen LogP contribution >= 0.6 is 0 Å². The van der Waals surface area contributed by atoms with Gasteiger partial charge < -0.3 is 9.88 Å². The minimum absolute atomic E-state index is 0.347. The topological polar surface area (TPSA) is 53.6 Å². The molecule has 2 aromatic rings. The number of rotatable bonds is 4. The zero-order valence-corrected chi connectivity index (χ0v) is 9.27. The molecule has 0 unspecified atom stereocenters. The highest BCUT2D eigenvalue weighted by Gasteiger charge is 2.07. The molecule has 2 heterocycles. The predicted molar refractivity (Wildman–Crippen MR) is 62.7 cm³/mol. The van der Waals surface area contributed by atoms with E-state index >= 15 is 0 Å². The Kier molecular flexibility index (Phi) is 3.18. The van der Waals surface area contributed by atoms with E-state index < -0.39 is 0 Å². The summed E-state index contributed by atoms with van der Waals surface area (Å²) in [4.78, 5) is 4.31. The van der Waals surface area contributed by atoms with Gasteiger partial charge in [-0.1, -0.05) is 6.92 Å². The Morgan fingerprint density at radius 1 is 1.56 bits per heavy atom. The van der Waals surface area contributed by atoms with Gasteiger partial charge in [0, 0.05) is 24.3 Å². The molecule has 0 bridgehead atoms. The molecule has 2 rings (SSSR count). The molecule has 0 aliphatic carbocycles. The predicted octanol–water partition coefficient (Wildman–Crippen LogP) is 1.67. The van der Waals surface area contributed by atoms with Crippen LogP contribution in [-0.4, -0.2) is 16.1 Å². The van der Waals surface area contributed by atoms with E-state index in [0.717, 1.165) is 24.1 Å². The fourth-order valence-corrected chi connectivity index (χ4v) is 1.79. The van der Waals surface area contributed by atoms with Crippen LogP contribution in [0.25, 0.3) is 11.0 Å². The van der Waals surface area contributed by atoms with Gasteiger partial charge in [-0.2, -0.15) is 5.26 Å². The van der Waals surface area contributed by atoms with Gasteiger partial charge in [-0.3, -0.25) is 0 Å². The Hall–Kier alpha value is -1.86. The maximum Gasteiger partial charge on any atom is 0.141 e. The second kappa shape index (κ2) is 4.77. The number of hydrogen-bond acceptors (Lipinski definition) is 3. The largest absolute Gasteiger partial charge is 0.318 e. The minimum atomic E-state index is 0.347. The van der Waals surface area contributed by atoms with E-state index in [1.165, 1.54) is 5.56 Å². The minimum Gasteiger partial charge on any atom is -0.318 e. The SMILES string of the molecule is CCNCc1cn(CC#N)c2ncccc12. The average molecular weight is 214 g/mol. The Balaban J connectivity index is 2.45. The molecule has 0 atom stereocenters. The molecule has 0 saturated carbocycles. The van der Waals surface area contributed by atoms with E-state index in [1.54, 1.807) is 6.20 Å². The molecule has 0 aliphatic heterocycles. The van der Waals surface area contributed by atoms with Gasteiger partial charge in [0.2, 0.25) is 0 Å². The maximum atomic E-state index is 8.75. The zero-order valence-electron chi connectivity index (χ0n) is 9.27. The van der Waals surface area contributed by atoms with Gasteiger partial charge in [0.1, 0.15) is 12.2 Å². The van der Waals surface area contributed by atoms with E-state index in [1.807, 2.05) is 22.9 Å². The summed E-state index contributed by atoms with van der Waals surface area (Å²) in [6.45, 7) is 4.18. The molecular formula is C12H14N4. The Morgan fingerprint density at radius 2 is 2.44 bits per heavy atom. The lowest BCUT2D eigenvalue weighted by atomic mass is 10.2. The monoisotopic (exact) mass is 214 g/mol. The summed E-state index contributed by atoms with van der Waals surface area (Å²) in [6, 6.07) is 6.12. The molecule has 1 N–H and O–H groups in total. The van der Waals surface area contributed by atoms with Crippen molar-refractivity contribution in [3.8, 4) is 6.07 Å². The third kappa shape index (κ3) is 1.90. The van der Waals surface area contributed by atoms with Gasteiger partial charge in [0.15, 0.2) is 0 Å². The van der Waals surface area contributed by atoms with Crippen LogP contribution in [0.5, 0.6) is 0 Å². The average Bonchev–Trinajstić information content (AvgIpc) is 2.66. The van der Waals surface area contributed by atoms with E-state index in [9.17, 15) is 0 Å². The molecule has 0 aliphatic rings. The third-order valence-electron chi connectivity index (χ3n) is 2.52. The van der Waals surface area contributed by atoms with Crippen LogP contribution in [0.15, 0.2) is 24.5 Å². The summed E-state index contributed by atoms with van der Waals surface area (Å²) in [7, 11) is 0. The molecule has 4 heteroatoms. The molecule has 0 saturated heterocycles. The second-order valence-corrected chi connectivity index (χ2v) is 3.60. The lowest BCUT2D eigenvalue weighted by molar-refractivity contribution is 0.725. The number of fused-ring (bicyclic) bond motifs is 1. The normalized spacial score (nSPS) is 10.5. The van der Waals surface area contributed by atoms with E-state index in [0.29, 0.717) is 6.54 Å². The number of aromatic nitrogens is 2. The molecule has 0 amide bonds. The first-order valence-electron chi connectivity index (χ1n) is 5.37. The van der Waals surface area contributed by atoms with E-state index in [2.05, 4.69) is 23.3 Å². The van der Waals surface area contributed by atoms with Gasteiger partial charge in [0.05, 0.1) is 6.07 Å². The van der Waals surface area contributed by atoms with Crippen LogP contribution in [0.1, 0.15) is 12.5 Å². The summed E-state index contributed by atoms with van der Waals surface area (Å²) < 4.78 is 1.89. The van der Waals surface area contributed by atoms with Gasteiger partial charge in [-0.15, -0.1) is 0 Å². The van der Waals surface area contributed by atoms with Gasteiger partial charge in [0.25, 0.3) is 0 Å². The second-order valence-electron chi connectivity index (χ2n) is 3.60. The van der Waals surface area contributed by atoms with Crippen LogP contribution in [0, 0.1) is 11.3 Å². The van der Waals surface area contributed by atoms with Crippen molar-refractivity contribution >= 4 is 11.0 Å². The number of nitrogens with one attached hydrogen (secondary N) is 1. The quantitative estimate of drug-likeness (QED) is 0.842. The standard InChI is InChI=1S/C12H14N4/c1-2-14-8-10-9-16(7-5-13)12-11(10)4-3-6-15-12/h3-4,6,9,14H,2,7-8H2,1H3. The lowest BCUT2D eigenvalue weighted by Gasteiger charge is -1.98. The van der Waals surface area contributed by atoms with Crippen LogP contribution < -0.4 is 5.32 Å². The van der Waals surface area contributed by atoms with Gasteiger partial charge in [-0.05, 0) is 24.2 Å². The van der Waals surface area contributed by atoms with E-state index in [4.69, 9.17) is 5.26 Å². The maximum absolute atomic E-state index is 8.75. The van der Waals surface area contributed by atoms with Crippen molar-refractivity contribution in [2.75, 3.05) is 6.54 Å². The summed E-state index contributed by atoms with van der Waals surface area (Å²) in [5.74, 6) is 0. The van der Waals surface area contributed by atoms with Crippen molar-refractivity contribution in [2.24, 2.45) is 0 Å². The molecule has 0 fully saturated rings. The lowest BCUT2D eigenvalue weighted by Crippen LogP contribution is -2.11. The summed E-state index contributed by atoms with van der Waals surface area (Å²) in [5.41, 5.74) is 2.08.